The Bertz CT molecular complexity index is 753. The summed E-state index contributed by atoms with van der Waals surface area (Å²) in [6.07, 6.45) is 3.55. The third-order valence-electron chi connectivity index (χ3n) is 5.36. The van der Waals surface area contributed by atoms with E-state index in [9.17, 15) is 13.2 Å². The van der Waals surface area contributed by atoms with Crippen molar-refractivity contribution in [3.63, 3.8) is 0 Å². The molecule has 0 bridgehead atoms. The van der Waals surface area contributed by atoms with Crippen LogP contribution in [0.4, 0.5) is 0 Å². The lowest BCUT2D eigenvalue weighted by molar-refractivity contribution is -0.126. The highest BCUT2D eigenvalue weighted by molar-refractivity contribution is 7.88. The van der Waals surface area contributed by atoms with Gasteiger partial charge in [0.1, 0.15) is 0 Å². The number of amides is 1. The summed E-state index contributed by atoms with van der Waals surface area (Å²) in [5.74, 6) is -0.0955. The normalized spacial score (nSPS) is 23.6. The highest BCUT2D eigenvalue weighted by Crippen LogP contribution is 2.23. The monoisotopic (exact) mass is 431 g/mol. The molecule has 9 heteroatoms. The number of rotatable bonds is 6. The predicted molar refractivity (Wildman–Crippen MR) is 110 cm³/mol. The minimum atomic E-state index is -3.40. The van der Waals surface area contributed by atoms with Gasteiger partial charge in [-0.1, -0.05) is 30.7 Å². The first kappa shape index (κ1) is 23.1. The Balaban J connectivity index is 0.00000280. The summed E-state index contributed by atoms with van der Waals surface area (Å²) in [7, 11) is -3.40. The van der Waals surface area contributed by atoms with Crippen LogP contribution in [0.15, 0.2) is 24.3 Å². The number of benzene rings is 1. The minimum absolute atomic E-state index is 0. The molecule has 1 heterocycles. The molecule has 2 aliphatic rings. The third-order valence-corrected chi connectivity index (χ3v) is 7.19. The van der Waals surface area contributed by atoms with Gasteiger partial charge in [-0.3, -0.25) is 4.79 Å². The fraction of sp³-hybridized carbons (Fsp3) is 0.632. The number of hydrogen-bond acceptors (Lipinski definition) is 5. The second kappa shape index (κ2) is 10.5. The zero-order valence-corrected chi connectivity index (χ0v) is 17.6. The van der Waals surface area contributed by atoms with Crippen molar-refractivity contribution in [2.45, 2.75) is 44.0 Å². The van der Waals surface area contributed by atoms with Crippen LogP contribution in [0.3, 0.4) is 0 Å². The molecule has 158 valence electrons. The zero-order valence-electron chi connectivity index (χ0n) is 16.0. The smallest absolute Gasteiger partial charge is 0.223 e. The first-order chi connectivity index (χ1) is 13.0. The molecule has 1 aromatic carbocycles. The van der Waals surface area contributed by atoms with Crippen molar-refractivity contribution in [2.75, 3.05) is 26.3 Å². The first-order valence-corrected chi connectivity index (χ1v) is 11.2. The fourth-order valence-corrected chi connectivity index (χ4v) is 5.34. The summed E-state index contributed by atoms with van der Waals surface area (Å²) in [5.41, 5.74) is 7.54. The van der Waals surface area contributed by atoms with E-state index >= 15 is 0 Å². The topological polar surface area (TPSA) is 102 Å². The minimum Gasteiger partial charge on any atom is -0.379 e. The molecule has 2 fully saturated rings. The average Bonchev–Trinajstić information content (AvgIpc) is 2.67. The fourth-order valence-electron chi connectivity index (χ4n) is 3.78. The molecule has 1 aromatic rings. The summed E-state index contributed by atoms with van der Waals surface area (Å²) >= 11 is 0. The van der Waals surface area contributed by atoms with Crippen molar-refractivity contribution in [2.24, 2.45) is 11.7 Å². The van der Waals surface area contributed by atoms with E-state index < -0.39 is 10.0 Å². The number of carbonyl (C=O) groups excluding carboxylic acids is 1. The maximum atomic E-state index is 12.7. The van der Waals surface area contributed by atoms with Crippen LogP contribution in [-0.4, -0.2) is 51.0 Å². The summed E-state index contributed by atoms with van der Waals surface area (Å²) in [5, 5.41) is 2.97. The molecule has 0 radical (unpaired) electrons. The van der Waals surface area contributed by atoms with Gasteiger partial charge in [0.05, 0.1) is 19.0 Å². The number of nitrogens with one attached hydrogen (secondary N) is 1. The molecular weight excluding hydrogens is 402 g/mol. The van der Waals surface area contributed by atoms with Gasteiger partial charge in [-0.25, -0.2) is 8.42 Å². The predicted octanol–water partition coefficient (Wildman–Crippen LogP) is 1.40. The van der Waals surface area contributed by atoms with E-state index in [-0.39, 0.29) is 36.0 Å². The van der Waals surface area contributed by atoms with Crippen LogP contribution in [0, 0.1) is 5.92 Å². The van der Waals surface area contributed by atoms with E-state index in [2.05, 4.69) is 5.32 Å². The Labute approximate surface area is 173 Å². The molecular formula is C19H30ClN3O4S. The van der Waals surface area contributed by atoms with Crippen molar-refractivity contribution in [1.29, 1.82) is 0 Å². The lowest BCUT2D eigenvalue weighted by Gasteiger charge is -2.27. The zero-order chi connectivity index (χ0) is 19.3. The third kappa shape index (κ3) is 6.15. The number of hydrogen-bond donors (Lipinski definition) is 2. The standard InChI is InChI=1S/C19H29N3O4S.ClH/c20-18-7-3-6-15(12-18)19(23)21-13-16-4-1-2-5-17(16)14-27(24,25)22-8-10-26-11-9-22;/h1-2,4-5,15,18H,3,6-14,20H2,(H,21,23);1H. The molecule has 2 atom stereocenters. The molecule has 0 spiro atoms. The summed E-state index contributed by atoms with van der Waals surface area (Å²) in [6.45, 7) is 1.98. The number of nitrogens with two attached hydrogens (primary N) is 1. The Morgan fingerprint density at radius 2 is 1.86 bits per heavy atom. The SMILES string of the molecule is Cl.NC1CCCC(C(=O)NCc2ccccc2CS(=O)(=O)N2CCOCC2)C1. The van der Waals surface area contributed by atoms with Gasteiger partial charge in [0.25, 0.3) is 0 Å². The van der Waals surface area contributed by atoms with Gasteiger partial charge in [0.2, 0.25) is 15.9 Å². The Morgan fingerprint density at radius 1 is 1.18 bits per heavy atom. The van der Waals surface area contributed by atoms with E-state index in [4.69, 9.17) is 10.5 Å². The van der Waals surface area contributed by atoms with E-state index in [1.165, 1.54) is 4.31 Å². The molecule has 2 unspecified atom stereocenters. The Morgan fingerprint density at radius 3 is 2.54 bits per heavy atom. The van der Waals surface area contributed by atoms with Crippen LogP contribution in [-0.2, 0) is 31.9 Å². The van der Waals surface area contributed by atoms with Crippen LogP contribution in [0.2, 0.25) is 0 Å². The molecule has 1 aliphatic carbocycles. The maximum Gasteiger partial charge on any atom is 0.223 e. The van der Waals surface area contributed by atoms with Gasteiger partial charge in [0, 0.05) is 31.6 Å². The van der Waals surface area contributed by atoms with Crippen molar-refractivity contribution < 1.29 is 17.9 Å². The molecule has 1 amide bonds. The largest absolute Gasteiger partial charge is 0.379 e. The molecule has 3 N–H and O–H groups in total. The Kier molecular flexibility index (Phi) is 8.70. The van der Waals surface area contributed by atoms with Gasteiger partial charge in [-0.05, 0) is 30.4 Å². The number of carbonyl (C=O) groups is 1. The van der Waals surface area contributed by atoms with Gasteiger partial charge < -0.3 is 15.8 Å². The van der Waals surface area contributed by atoms with Crippen molar-refractivity contribution >= 4 is 28.3 Å². The van der Waals surface area contributed by atoms with E-state index in [1.807, 2.05) is 24.3 Å². The molecule has 7 nitrogen and oxygen atoms in total. The number of halogens is 1. The van der Waals surface area contributed by atoms with Gasteiger partial charge >= 0.3 is 0 Å². The van der Waals surface area contributed by atoms with Crippen molar-refractivity contribution in [3.05, 3.63) is 35.4 Å². The van der Waals surface area contributed by atoms with E-state index in [1.54, 1.807) is 0 Å². The van der Waals surface area contributed by atoms with Crippen LogP contribution in [0.25, 0.3) is 0 Å². The molecule has 3 rings (SSSR count). The number of ether oxygens (including phenoxy) is 1. The second-order valence-electron chi connectivity index (χ2n) is 7.38. The highest BCUT2D eigenvalue weighted by atomic mass is 35.5. The Hall–Kier alpha value is -1.19. The maximum absolute atomic E-state index is 12.7. The molecule has 0 aromatic heterocycles. The molecule has 28 heavy (non-hydrogen) atoms. The number of nitrogens with zero attached hydrogens (tertiary/aromatic N) is 1. The van der Waals surface area contributed by atoms with Crippen molar-refractivity contribution in [1.82, 2.24) is 9.62 Å². The van der Waals surface area contributed by atoms with Crippen LogP contribution < -0.4 is 11.1 Å². The average molecular weight is 432 g/mol. The molecule has 1 saturated carbocycles. The number of morpholine rings is 1. The van der Waals surface area contributed by atoms with Crippen molar-refractivity contribution in [3.8, 4) is 0 Å². The number of sulfonamides is 1. The molecule has 1 saturated heterocycles. The highest BCUT2D eigenvalue weighted by Gasteiger charge is 2.27. The summed E-state index contributed by atoms with van der Waals surface area (Å²) < 4.78 is 32.1. The van der Waals surface area contributed by atoms with Gasteiger partial charge in [-0.2, -0.15) is 4.31 Å². The van der Waals surface area contributed by atoms with E-state index in [0.29, 0.717) is 32.8 Å². The summed E-state index contributed by atoms with van der Waals surface area (Å²) in [4.78, 5) is 12.5. The lowest BCUT2D eigenvalue weighted by Crippen LogP contribution is -2.41. The van der Waals surface area contributed by atoms with Crippen LogP contribution in [0.1, 0.15) is 36.8 Å². The lowest BCUT2D eigenvalue weighted by atomic mass is 9.85. The molecule has 1 aliphatic heterocycles. The van der Waals surface area contributed by atoms with Crippen LogP contribution >= 0.6 is 12.4 Å². The van der Waals surface area contributed by atoms with Crippen LogP contribution in [0.5, 0.6) is 0 Å². The second-order valence-corrected chi connectivity index (χ2v) is 9.35. The van der Waals surface area contributed by atoms with E-state index in [0.717, 1.165) is 36.8 Å². The van der Waals surface area contributed by atoms with Gasteiger partial charge in [-0.15, -0.1) is 12.4 Å². The summed E-state index contributed by atoms with van der Waals surface area (Å²) in [6, 6.07) is 7.48. The first-order valence-electron chi connectivity index (χ1n) is 9.61. The van der Waals surface area contributed by atoms with Gasteiger partial charge in [0.15, 0.2) is 0 Å². The quantitative estimate of drug-likeness (QED) is 0.708.